The maximum Gasteiger partial charge on any atom is 0.164 e. The van der Waals surface area contributed by atoms with E-state index in [-0.39, 0.29) is 5.82 Å². The van der Waals surface area contributed by atoms with Crippen LogP contribution in [-0.4, -0.2) is 32.4 Å². The highest BCUT2D eigenvalue weighted by atomic mass is 19.1. The summed E-state index contributed by atoms with van der Waals surface area (Å²) in [5, 5.41) is 17.3. The topological polar surface area (TPSA) is 75.3 Å². The second kappa shape index (κ2) is 7.23. The van der Waals surface area contributed by atoms with E-state index in [1.54, 1.807) is 17.0 Å². The van der Waals surface area contributed by atoms with Crippen molar-refractivity contribution < 1.29 is 9.60 Å². The third kappa shape index (κ3) is 3.41. The lowest BCUT2D eigenvalue weighted by molar-refractivity contribution is 0.234. The van der Waals surface area contributed by atoms with Crippen LogP contribution >= 0.6 is 0 Å². The largest absolute Gasteiger partial charge is 0.317 e. The predicted octanol–water partition coefficient (Wildman–Crippen LogP) is 3.03. The molecule has 3 aromatic rings. The second-order valence-corrected chi connectivity index (χ2v) is 5.47. The average molecular weight is 339 g/mol. The van der Waals surface area contributed by atoms with Gasteiger partial charge in [-0.1, -0.05) is 24.3 Å². The first kappa shape index (κ1) is 16.8. The van der Waals surface area contributed by atoms with Gasteiger partial charge in [0.15, 0.2) is 11.7 Å². The Hall–Kier alpha value is -3.06. The minimum absolute atomic E-state index is 0.344. The van der Waals surface area contributed by atoms with Gasteiger partial charge in [0.1, 0.15) is 12.1 Å². The van der Waals surface area contributed by atoms with Gasteiger partial charge in [-0.3, -0.25) is 15.7 Å². The molecule has 0 atom stereocenters. The molecule has 7 heteroatoms. The lowest BCUT2D eigenvalue weighted by Gasteiger charge is -2.12. The number of hydrogen-bond acceptors (Lipinski definition) is 4. The van der Waals surface area contributed by atoms with E-state index < -0.39 is 0 Å². The summed E-state index contributed by atoms with van der Waals surface area (Å²) in [5.74, 6) is 0.609. The molecule has 0 aliphatic rings. The summed E-state index contributed by atoms with van der Waals surface area (Å²) >= 11 is 0. The zero-order valence-electron chi connectivity index (χ0n) is 13.9. The van der Waals surface area contributed by atoms with E-state index in [2.05, 4.69) is 20.7 Å². The van der Waals surface area contributed by atoms with Gasteiger partial charge in [0.25, 0.3) is 0 Å². The molecule has 0 amide bonds. The number of benzene rings is 2. The van der Waals surface area contributed by atoms with E-state index in [9.17, 15) is 9.60 Å². The summed E-state index contributed by atoms with van der Waals surface area (Å²) in [7, 11) is 1.81. The molecule has 0 saturated carbocycles. The summed E-state index contributed by atoms with van der Waals surface area (Å²) in [6, 6.07) is 12.1. The molecule has 0 fully saturated rings. The zero-order chi connectivity index (χ0) is 17.8. The Balaban J connectivity index is 2.15. The Morgan fingerprint density at radius 2 is 2.08 bits per heavy atom. The molecule has 1 heterocycles. The van der Waals surface area contributed by atoms with Crippen LogP contribution in [0.3, 0.4) is 0 Å². The van der Waals surface area contributed by atoms with Gasteiger partial charge in [-0.05, 0) is 36.2 Å². The van der Waals surface area contributed by atoms with Crippen LogP contribution in [0.2, 0.25) is 0 Å². The number of hydrogen-bond donors (Lipinski definition) is 2. The van der Waals surface area contributed by atoms with E-state index in [1.807, 2.05) is 38.2 Å². The fourth-order valence-electron chi connectivity index (χ4n) is 2.66. The van der Waals surface area contributed by atoms with Crippen molar-refractivity contribution in [2.45, 2.75) is 6.92 Å². The maximum atomic E-state index is 13.8. The van der Waals surface area contributed by atoms with Gasteiger partial charge in [0.05, 0.1) is 0 Å². The van der Waals surface area contributed by atoms with Crippen molar-refractivity contribution in [3.8, 4) is 22.5 Å². The highest BCUT2D eigenvalue weighted by Gasteiger charge is 2.14. The summed E-state index contributed by atoms with van der Waals surface area (Å²) in [4.78, 5) is 4.22. The van der Waals surface area contributed by atoms with E-state index in [4.69, 9.17) is 0 Å². The molecule has 0 radical (unpaired) electrons. The van der Waals surface area contributed by atoms with Crippen molar-refractivity contribution in [2.24, 2.45) is 12.0 Å². The van der Waals surface area contributed by atoms with Gasteiger partial charge in [-0.2, -0.15) is 0 Å². The Kier molecular flexibility index (Phi) is 4.85. The SMILES string of the molecule is CCN=C(NO)c1cccc(-c2ccc(F)cc2-c2nncn2C)c1. The number of nitrogens with zero attached hydrogens (tertiary/aromatic N) is 4. The predicted molar refractivity (Wildman–Crippen MR) is 93.8 cm³/mol. The van der Waals surface area contributed by atoms with Gasteiger partial charge >= 0.3 is 0 Å². The van der Waals surface area contributed by atoms with Gasteiger partial charge in [-0.15, -0.1) is 10.2 Å². The van der Waals surface area contributed by atoms with Crippen LogP contribution < -0.4 is 5.48 Å². The molecule has 2 N–H and O–H groups in total. The Bertz CT molecular complexity index is 919. The molecule has 1 aromatic heterocycles. The molecule has 0 aliphatic carbocycles. The fourth-order valence-corrected chi connectivity index (χ4v) is 2.66. The number of nitrogens with one attached hydrogen (secondary N) is 1. The van der Waals surface area contributed by atoms with E-state index in [0.717, 1.165) is 16.7 Å². The normalized spacial score (nSPS) is 11.6. The van der Waals surface area contributed by atoms with Crippen molar-refractivity contribution in [1.29, 1.82) is 0 Å². The summed E-state index contributed by atoms with van der Waals surface area (Å²) in [6.45, 7) is 2.42. The third-order valence-electron chi connectivity index (χ3n) is 3.80. The van der Waals surface area contributed by atoms with Crippen LogP contribution in [0.1, 0.15) is 12.5 Å². The molecule has 0 aliphatic heterocycles. The number of aromatic nitrogens is 3. The Morgan fingerprint density at radius 1 is 1.24 bits per heavy atom. The van der Waals surface area contributed by atoms with Crippen molar-refractivity contribution in [3.63, 3.8) is 0 Å². The number of hydroxylamine groups is 1. The number of amidine groups is 1. The Labute approximate surface area is 144 Å². The van der Waals surface area contributed by atoms with Crippen LogP contribution in [-0.2, 0) is 7.05 Å². The quantitative estimate of drug-likeness (QED) is 0.435. The van der Waals surface area contributed by atoms with Gasteiger partial charge in [-0.25, -0.2) is 4.39 Å². The number of halogens is 1. The minimum Gasteiger partial charge on any atom is -0.317 e. The molecule has 2 aromatic carbocycles. The molecule has 128 valence electrons. The van der Waals surface area contributed by atoms with Gasteiger partial charge in [0.2, 0.25) is 0 Å². The molecule has 0 bridgehead atoms. The molecule has 6 nitrogen and oxygen atoms in total. The maximum absolute atomic E-state index is 13.8. The van der Waals surface area contributed by atoms with E-state index >= 15 is 0 Å². The molecular formula is C18H18FN5O. The smallest absolute Gasteiger partial charge is 0.164 e. The number of aliphatic imine (C=N–C) groups is 1. The average Bonchev–Trinajstić information content (AvgIpc) is 3.05. The number of aryl methyl sites for hydroxylation is 1. The molecule has 25 heavy (non-hydrogen) atoms. The number of rotatable bonds is 4. The van der Waals surface area contributed by atoms with Gasteiger partial charge in [0, 0.05) is 24.7 Å². The van der Waals surface area contributed by atoms with E-state index in [0.29, 0.717) is 23.8 Å². The summed E-state index contributed by atoms with van der Waals surface area (Å²) in [5.41, 5.74) is 5.16. The van der Waals surface area contributed by atoms with Crippen LogP contribution in [0.15, 0.2) is 53.8 Å². The molecule has 0 saturated heterocycles. The van der Waals surface area contributed by atoms with Crippen molar-refractivity contribution >= 4 is 5.84 Å². The second-order valence-electron chi connectivity index (χ2n) is 5.47. The highest BCUT2D eigenvalue weighted by molar-refractivity contribution is 5.99. The fraction of sp³-hybridized carbons (Fsp3) is 0.167. The van der Waals surface area contributed by atoms with Crippen molar-refractivity contribution in [1.82, 2.24) is 20.2 Å². The zero-order valence-corrected chi connectivity index (χ0v) is 13.9. The van der Waals surface area contributed by atoms with Gasteiger partial charge < -0.3 is 4.57 Å². The van der Waals surface area contributed by atoms with E-state index in [1.165, 1.54) is 12.1 Å². The van der Waals surface area contributed by atoms with Crippen molar-refractivity contribution in [2.75, 3.05) is 6.54 Å². The first-order chi connectivity index (χ1) is 12.1. The standard InChI is InChI=1S/C18H18FN5O/c1-3-20-17(23-25)13-6-4-5-12(9-13)15-8-7-14(19)10-16(15)18-22-21-11-24(18)2/h4-11,25H,3H2,1-2H3,(H,20,23). The van der Waals surface area contributed by atoms with Crippen LogP contribution in [0.5, 0.6) is 0 Å². The highest BCUT2D eigenvalue weighted by Crippen LogP contribution is 2.32. The van der Waals surface area contributed by atoms with Crippen LogP contribution in [0.4, 0.5) is 4.39 Å². The lowest BCUT2D eigenvalue weighted by atomic mass is 9.97. The summed E-state index contributed by atoms with van der Waals surface area (Å²) < 4.78 is 15.6. The first-order valence-corrected chi connectivity index (χ1v) is 7.83. The molecule has 0 unspecified atom stereocenters. The van der Waals surface area contributed by atoms with Crippen molar-refractivity contribution in [3.05, 3.63) is 60.2 Å². The molecule has 3 rings (SSSR count). The first-order valence-electron chi connectivity index (χ1n) is 7.83. The molecule has 0 spiro atoms. The molecular weight excluding hydrogens is 321 g/mol. The minimum atomic E-state index is -0.344. The van der Waals surface area contributed by atoms with Crippen LogP contribution in [0, 0.1) is 5.82 Å². The monoisotopic (exact) mass is 339 g/mol. The summed E-state index contributed by atoms with van der Waals surface area (Å²) in [6.07, 6.45) is 1.57. The Morgan fingerprint density at radius 3 is 2.76 bits per heavy atom. The lowest BCUT2D eigenvalue weighted by Crippen LogP contribution is -2.20. The van der Waals surface area contributed by atoms with Crippen LogP contribution in [0.25, 0.3) is 22.5 Å². The third-order valence-corrected chi connectivity index (χ3v) is 3.80.